The van der Waals surface area contributed by atoms with Crippen molar-refractivity contribution in [1.29, 1.82) is 0 Å². The lowest BCUT2D eigenvalue weighted by molar-refractivity contribution is 0.310. The smallest absolute Gasteiger partial charge is 0.119 e. The molecule has 186 valence electrons. The average molecular weight is 521 g/mol. The minimum absolute atomic E-state index is 0.222. The van der Waals surface area contributed by atoms with E-state index in [0.29, 0.717) is 11.6 Å². The van der Waals surface area contributed by atoms with Crippen LogP contribution in [-0.4, -0.2) is 33.9 Å². The molecular weight excluding hydrogens is 491 g/mol. The van der Waals surface area contributed by atoms with Crippen LogP contribution in [0.25, 0.3) is 22.0 Å². The zero-order chi connectivity index (χ0) is 25.6. The van der Waals surface area contributed by atoms with E-state index in [4.69, 9.17) is 27.9 Å². The van der Waals surface area contributed by atoms with E-state index in [0.717, 1.165) is 75.0 Å². The number of ether oxygens (including phenoxy) is 1. The number of aromatic nitrogens is 3. The average Bonchev–Trinajstić information content (AvgIpc) is 3.16. The fraction of sp³-hybridized carbons (Fsp3) is 0.345. The van der Waals surface area contributed by atoms with Crippen LogP contribution in [0.1, 0.15) is 53.2 Å². The molecule has 5 nitrogen and oxygen atoms in total. The maximum Gasteiger partial charge on any atom is 0.119 e. The van der Waals surface area contributed by atoms with Crippen LogP contribution in [0.4, 0.5) is 0 Å². The zero-order valence-corrected chi connectivity index (χ0v) is 22.8. The molecule has 1 aliphatic heterocycles. The quantitative estimate of drug-likeness (QED) is 0.245. The summed E-state index contributed by atoms with van der Waals surface area (Å²) in [7, 11) is 0. The first-order valence-corrected chi connectivity index (χ1v) is 13.1. The third-order valence-corrected chi connectivity index (χ3v) is 7.92. The minimum atomic E-state index is 0.222. The van der Waals surface area contributed by atoms with E-state index in [1.807, 2.05) is 52.1 Å². The van der Waals surface area contributed by atoms with Gasteiger partial charge in [-0.3, -0.25) is 4.99 Å². The number of benzene rings is 2. The van der Waals surface area contributed by atoms with Crippen molar-refractivity contribution in [3.8, 4) is 16.9 Å². The van der Waals surface area contributed by atoms with Crippen LogP contribution < -0.4 is 4.74 Å². The second kappa shape index (κ2) is 9.87. The first kappa shape index (κ1) is 24.8. The molecular formula is C29H30Cl2N4O. The molecule has 3 heterocycles. The van der Waals surface area contributed by atoms with Crippen molar-refractivity contribution in [2.24, 2.45) is 4.99 Å². The highest BCUT2D eigenvalue weighted by molar-refractivity contribution is 6.35. The molecule has 0 spiro atoms. The lowest BCUT2D eigenvalue weighted by Gasteiger charge is -2.22. The van der Waals surface area contributed by atoms with Gasteiger partial charge in [-0.15, -0.1) is 0 Å². The highest BCUT2D eigenvalue weighted by atomic mass is 35.5. The maximum atomic E-state index is 6.88. The molecule has 0 unspecified atom stereocenters. The van der Waals surface area contributed by atoms with Crippen LogP contribution in [0.15, 0.2) is 35.6 Å². The molecule has 36 heavy (non-hydrogen) atoms. The van der Waals surface area contributed by atoms with Crippen molar-refractivity contribution >= 4 is 40.3 Å². The van der Waals surface area contributed by atoms with Crippen LogP contribution >= 0.6 is 23.2 Å². The molecule has 0 bridgehead atoms. The standard InChI is InChI=1S/C29H30Cl2N4O/c1-16-11-21(12-17(2)28(16)31)36-10-6-7-22-23-8-9-24(30)27(26-19(4)33-15-34-20(26)5)29(23)35-18(3)13-32-14-25(22)35/h8-9,11-12,14-15,18H,6-7,10,13H2,1-5H3/t18-/m1/s1. The summed E-state index contributed by atoms with van der Waals surface area (Å²) < 4.78 is 8.51. The largest absolute Gasteiger partial charge is 0.494 e. The van der Waals surface area contributed by atoms with Gasteiger partial charge < -0.3 is 9.30 Å². The zero-order valence-electron chi connectivity index (χ0n) is 21.3. The van der Waals surface area contributed by atoms with Crippen molar-refractivity contribution in [3.05, 3.63) is 74.4 Å². The molecule has 5 rings (SSSR count). The predicted molar refractivity (Wildman–Crippen MR) is 149 cm³/mol. The predicted octanol–water partition coefficient (Wildman–Crippen LogP) is 7.64. The van der Waals surface area contributed by atoms with Gasteiger partial charge >= 0.3 is 0 Å². The summed E-state index contributed by atoms with van der Waals surface area (Å²) >= 11 is 13.2. The Morgan fingerprint density at radius 3 is 2.39 bits per heavy atom. The van der Waals surface area contributed by atoms with Crippen molar-refractivity contribution in [3.63, 3.8) is 0 Å². The lowest BCUT2D eigenvalue weighted by atomic mass is 9.98. The van der Waals surface area contributed by atoms with Gasteiger partial charge in [-0.1, -0.05) is 29.3 Å². The van der Waals surface area contributed by atoms with Crippen molar-refractivity contribution in [2.45, 2.75) is 53.5 Å². The van der Waals surface area contributed by atoms with Crippen LogP contribution in [0.3, 0.4) is 0 Å². The summed E-state index contributed by atoms with van der Waals surface area (Å²) in [6.07, 6.45) is 5.37. The first-order chi connectivity index (χ1) is 17.3. The normalized spacial score (nSPS) is 14.9. The number of halogens is 2. The number of fused-ring (bicyclic) bond motifs is 3. The monoisotopic (exact) mass is 520 g/mol. The second-order valence-corrected chi connectivity index (χ2v) is 10.4. The molecule has 0 radical (unpaired) electrons. The molecule has 0 aliphatic carbocycles. The molecule has 0 amide bonds. The van der Waals surface area contributed by atoms with Crippen molar-refractivity contribution in [2.75, 3.05) is 13.2 Å². The van der Waals surface area contributed by atoms with E-state index in [1.165, 1.54) is 10.9 Å². The van der Waals surface area contributed by atoms with Crippen molar-refractivity contribution in [1.82, 2.24) is 14.5 Å². The number of hydrogen-bond acceptors (Lipinski definition) is 4. The van der Waals surface area contributed by atoms with Crippen molar-refractivity contribution < 1.29 is 4.74 Å². The van der Waals surface area contributed by atoms with Gasteiger partial charge in [0.1, 0.15) is 12.1 Å². The Morgan fingerprint density at radius 2 is 1.69 bits per heavy atom. The van der Waals surface area contributed by atoms with Gasteiger partial charge in [0, 0.05) is 39.1 Å². The maximum absolute atomic E-state index is 6.88. The molecule has 0 N–H and O–H groups in total. The number of rotatable bonds is 6. The Bertz CT molecular complexity index is 1460. The molecule has 2 aromatic heterocycles. The summed E-state index contributed by atoms with van der Waals surface area (Å²) in [5.74, 6) is 0.859. The van der Waals surface area contributed by atoms with Crippen LogP contribution in [0.5, 0.6) is 5.75 Å². The molecule has 7 heteroatoms. The highest BCUT2D eigenvalue weighted by Gasteiger charge is 2.26. The SMILES string of the molecule is Cc1cc(OCCCc2c3n(c4c(-c5c(C)ncnc5C)c(Cl)ccc24)[C@H](C)CN=C3)cc(C)c1Cl. The van der Waals surface area contributed by atoms with Crippen LogP contribution in [0.2, 0.25) is 10.0 Å². The minimum Gasteiger partial charge on any atom is -0.494 e. The van der Waals surface area contributed by atoms with Gasteiger partial charge in [0.15, 0.2) is 0 Å². The topological polar surface area (TPSA) is 52.3 Å². The number of nitrogens with zero attached hydrogens (tertiary/aromatic N) is 4. The van der Waals surface area contributed by atoms with E-state index >= 15 is 0 Å². The number of aryl methyl sites for hydroxylation is 5. The molecule has 0 saturated carbocycles. The molecule has 1 atom stereocenters. The fourth-order valence-corrected chi connectivity index (χ4v) is 5.68. The van der Waals surface area contributed by atoms with Crippen LogP contribution in [0, 0.1) is 27.7 Å². The highest BCUT2D eigenvalue weighted by Crippen LogP contribution is 2.43. The van der Waals surface area contributed by atoms with E-state index in [9.17, 15) is 0 Å². The molecule has 2 aromatic carbocycles. The van der Waals surface area contributed by atoms with Gasteiger partial charge in [0.05, 0.1) is 35.4 Å². The summed E-state index contributed by atoms with van der Waals surface area (Å²) in [5, 5.41) is 2.71. The fourth-order valence-electron chi connectivity index (χ4n) is 5.32. The molecule has 4 aromatic rings. The Kier molecular flexibility index (Phi) is 6.80. The third-order valence-electron chi connectivity index (χ3n) is 7.01. The Labute approximate surface area is 222 Å². The van der Waals surface area contributed by atoms with Gasteiger partial charge in [0.2, 0.25) is 0 Å². The van der Waals surface area contributed by atoms with Gasteiger partial charge in [-0.05, 0) is 82.3 Å². The Balaban J connectivity index is 1.54. The Hall–Kier alpha value is -2.89. The summed E-state index contributed by atoms with van der Waals surface area (Å²) in [6.45, 7) is 11.6. The Morgan fingerprint density at radius 1 is 1.00 bits per heavy atom. The van der Waals surface area contributed by atoms with Gasteiger partial charge in [-0.25, -0.2) is 9.97 Å². The van der Waals surface area contributed by atoms with Crippen LogP contribution in [-0.2, 0) is 6.42 Å². The second-order valence-electron chi connectivity index (χ2n) is 9.64. The third kappa shape index (κ3) is 4.29. The van der Waals surface area contributed by atoms with E-state index < -0.39 is 0 Å². The van der Waals surface area contributed by atoms with E-state index in [-0.39, 0.29) is 6.04 Å². The summed E-state index contributed by atoms with van der Waals surface area (Å²) in [4.78, 5) is 13.6. The number of hydrogen-bond donors (Lipinski definition) is 0. The first-order valence-electron chi connectivity index (χ1n) is 12.3. The summed E-state index contributed by atoms with van der Waals surface area (Å²) in [5.41, 5.74) is 9.48. The van der Waals surface area contributed by atoms with E-state index in [2.05, 4.69) is 32.5 Å². The number of aliphatic imine (C=N–C) groups is 1. The lowest BCUT2D eigenvalue weighted by Crippen LogP contribution is -2.17. The summed E-state index contributed by atoms with van der Waals surface area (Å²) in [6, 6.07) is 8.36. The molecule has 0 fully saturated rings. The van der Waals surface area contributed by atoms with Gasteiger partial charge in [0.25, 0.3) is 0 Å². The van der Waals surface area contributed by atoms with Gasteiger partial charge in [-0.2, -0.15) is 0 Å². The molecule has 0 saturated heterocycles. The van der Waals surface area contributed by atoms with E-state index in [1.54, 1.807) is 6.33 Å². The molecule has 1 aliphatic rings.